The van der Waals surface area contributed by atoms with Crippen LogP contribution in [-0.4, -0.2) is 9.55 Å². The van der Waals surface area contributed by atoms with E-state index in [0.717, 1.165) is 22.2 Å². The van der Waals surface area contributed by atoms with Crippen LogP contribution in [0.3, 0.4) is 0 Å². The monoisotopic (exact) mass is 304 g/mol. The Balaban J connectivity index is 2.07. The number of rotatable bonds is 2. The van der Waals surface area contributed by atoms with Gasteiger partial charge in [0.1, 0.15) is 4.70 Å². The van der Waals surface area contributed by atoms with Crippen molar-refractivity contribution in [1.29, 1.82) is 0 Å². The maximum atomic E-state index is 12.4. The van der Waals surface area contributed by atoms with Gasteiger partial charge in [-0.1, -0.05) is 23.7 Å². The van der Waals surface area contributed by atoms with Crippen molar-refractivity contribution in [1.82, 2.24) is 9.55 Å². The van der Waals surface area contributed by atoms with Gasteiger partial charge in [-0.15, -0.1) is 11.3 Å². The van der Waals surface area contributed by atoms with E-state index < -0.39 is 0 Å². The van der Waals surface area contributed by atoms with Crippen LogP contribution in [0.15, 0.2) is 34.7 Å². The summed E-state index contributed by atoms with van der Waals surface area (Å²) in [5, 5.41) is 2.64. The average molecular weight is 305 g/mol. The highest BCUT2D eigenvalue weighted by atomic mass is 35.5. The highest BCUT2D eigenvalue weighted by molar-refractivity contribution is 7.17. The molecule has 102 valence electrons. The Morgan fingerprint density at radius 2 is 2.15 bits per heavy atom. The second-order valence-electron chi connectivity index (χ2n) is 4.87. The molecule has 0 bridgehead atoms. The molecule has 1 aromatic carbocycles. The molecule has 0 saturated heterocycles. The second kappa shape index (κ2) is 5.04. The van der Waals surface area contributed by atoms with E-state index in [9.17, 15) is 4.79 Å². The molecule has 0 aliphatic heterocycles. The van der Waals surface area contributed by atoms with Gasteiger partial charge in [0, 0.05) is 5.02 Å². The number of aryl methyl sites for hydroxylation is 2. The Bertz CT molecular complexity index is 851. The lowest BCUT2D eigenvalue weighted by atomic mass is 10.1. The van der Waals surface area contributed by atoms with Gasteiger partial charge in [0.05, 0.1) is 18.4 Å². The molecule has 2 aromatic heterocycles. The van der Waals surface area contributed by atoms with E-state index in [0.29, 0.717) is 16.3 Å². The maximum Gasteiger partial charge on any atom is 0.271 e. The Labute approximate surface area is 125 Å². The molecule has 0 aliphatic carbocycles. The van der Waals surface area contributed by atoms with E-state index in [2.05, 4.69) is 4.98 Å². The first-order valence-corrected chi connectivity index (χ1v) is 7.50. The number of halogens is 1. The van der Waals surface area contributed by atoms with E-state index in [1.165, 1.54) is 11.3 Å². The van der Waals surface area contributed by atoms with Gasteiger partial charge in [-0.25, -0.2) is 4.98 Å². The summed E-state index contributed by atoms with van der Waals surface area (Å²) in [5.74, 6) is 0. The maximum absolute atomic E-state index is 12.4. The molecule has 20 heavy (non-hydrogen) atoms. The third kappa shape index (κ3) is 2.25. The summed E-state index contributed by atoms with van der Waals surface area (Å²) >= 11 is 7.66. The molecule has 5 heteroatoms. The van der Waals surface area contributed by atoms with E-state index in [1.54, 1.807) is 10.9 Å². The zero-order valence-corrected chi connectivity index (χ0v) is 12.8. The zero-order chi connectivity index (χ0) is 14.3. The smallest absolute Gasteiger partial charge is 0.271 e. The number of aromatic nitrogens is 2. The number of hydrogen-bond donors (Lipinski definition) is 0. The molecule has 0 amide bonds. The van der Waals surface area contributed by atoms with Crippen molar-refractivity contribution in [2.75, 3.05) is 0 Å². The molecule has 0 fully saturated rings. The summed E-state index contributed by atoms with van der Waals surface area (Å²) < 4.78 is 2.31. The van der Waals surface area contributed by atoms with Crippen molar-refractivity contribution in [3.63, 3.8) is 0 Å². The minimum absolute atomic E-state index is 0.00950. The lowest BCUT2D eigenvalue weighted by Gasteiger charge is -2.08. The van der Waals surface area contributed by atoms with E-state index in [4.69, 9.17) is 11.6 Å². The molecule has 0 N–H and O–H groups in total. The standard InChI is InChI=1S/C15H13ClN2OS/c1-9-3-4-11(12(16)5-9)6-18-8-17-13-10(2)7-20-14(13)15(18)19/h3-5,7-8H,6H2,1-2H3. The van der Waals surface area contributed by atoms with Crippen LogP contribution < -0.4 is 5.56 Å². The van der Waals surface area contributed by atoms with Crippen molar-refractivity contribution < 1.29 is 0 Å². The Morgan fingerprint density at radius 1 is 1.35 bits per heavy atom. The molecule has 0 aliphatic rings. The fraction of sp³-hybridized carbons (Fsp3) is 0.200. The number of nitrogens with zero attached hydrogens (tertiary/aromatic N) is 2. The predicted octanol–water partition coefficient (Wildman–Crippen LogP) is 3.78. The number of benzene rings is 1. The van der Waals surface area contributed by atoms with Crippen LogP contribution in [0.25, 0.3) is 10.2 Å². The Hall–Kier alpha value is -1.65. The summed E-state index contributed by atoms with van der Waals surface area (Å²) in [4.78, 5) is 16.8. The van der Waals surface area contributed by atoms with Crippen molar-refractivity contribution in [2.45, 2.75) is 20.4 Å². The third-order valence-electron chi connectivity index (χ3n) is 3.27. The highest BCUT2D eigenvalue weighted by Crippen LogP contribution is 2.21. The molecule has 0 unspecified atom stereocenters. The number of fused-ring (bicyclic) bond motifs is 1. The van der Waals surface area contributed by atoms with E-state index in [-0.39, 0.29) is 5.56 Å². The summed E-state index contributed by atoms with van der Waals surface area (Å²) in [7, 11) is 0. The van der Waals surface area contributed by atoms with Crippen LogP contribution in [0.4, 0.5) is 0 Å². The molecule has 3 nitrogen and oxygen atoms in total. The van der Waals surface area contributed by atoms with E-state index >= 15 is 0 Å². The summed E-state index contributed by atoms with van der Waals surface area (Å²) in [6.07, 6.45) is 1.60. The predicted molar refractivity (Wildman–Crippen MR) is 83.9 cm³/mol. The Morgan fingerprint density at radius 3 is 2.90 bits per heavy atom. The van der Waals surface area contributed by atoms with Crippen LogP contribution in [0.1, 0.15) is 16.7 Å². The van der Waals surface area contributed by atoms with Crippen LogP contribution in [-0.2, 0) is 6.54 Å². The fourth-order valence-corrected chi connectivity index (χ4v) is 3.38. The van der Waals surface area contributed by atoms with Gasteiger partial charge in [0.2, 0.25) is 0 Å². The summed E-state index contributed by atoms with van der Waals surface area (Å²) in [6, 6.07) is 5.85. The first kappa shape index (κ1) is 13.3. The minimum atomic E-state index is -0.00950. The molecule has 3 aromatic rings. The molecule has 2 heterocycles. The van der Waals surface area contributed by atoms with Crippen LogP contribution in [0.2, 0.25) is 5.02 Å². The van der Waals surface area contributed by atoms with Crippen LogP contribution in [0.5, 0.6) is 0 Å². The molecule has 0 atom stereocenters. The van der Waals surface area contributed by atoms with Gasteiger partial charge < -0.3 is 0 Å². The molecular formula is C15H13ClN2OS. The lowest BCUT2D eigenvalue weighted by molar-refractivity contribution is 0.749. The lowest BCUT2D eigenvalue weighted by Crippen LogP contribution is -2.20. The molecule has 0 radical (unpaired) electrons. The van der Waals surface area contributed by atoms with Crippen molar-refractivity contribution in [3.8, 4) is 0 Å². The second-order valence-corrected chi connectivity index (χ2v) is 6.16. The molecule has 0 spiro atoms. The fourth-order valence-electron chi connectivity index (χ4n) is 2.14. The zero-order valence-electron chi connectivity index (χ0n) is 11.2. The van der Waals surface area contributed by atoms with Crippen molar-refractivity contribution in [2.24, 2.45) is 0 Å². The number of hydrogen-bond acceptors (Lipinski definition) is 3. The van der Waals surface area contributed by atoms with Crippen molar-refractivity contribution >= 4 is 33.2 Å². The van der Waals surface area contributed by atoms with Crippen molar-refractivity contribution in [3.05, 3.63) is 62.0 Å². The first-order valence-electron chi connectivity index (χ1n) is 6.24. The summed E-state index contributed by atoms with van der Waals surface area (Å²) in [5.41, 5.74) is 3.86. The van der Waals surface area contributed by atoms with Gasteiger partial charge >= 0.3 is 0 Å². The van der Waals surface area contributed by atoms with Gasteiger partial charge in [0.15, 0.2) is 0 Å². The largest absolute Gasteiger partial charge is 0.293 e. The molecule has 0 saturated carbocycles. The SMILES string of the molecule is Cc1ccc(Cn2cnc3c(C)csc3c2=O)c(Cl)c1. The van der Waals surface area contributed by atoms with Gasteiger partial charge in [-0.05, 0) is 42.0 Å². The average Bonchev–Trinajstić information content (AvgIpc) is 2.78. The number of thiophene rings is 1. The normalized spacial score (nSPS) is 11.2. The van der Waals surface area contributed by atoms with Gasteiger partial charge in [0.25, 0.3) is 5.56 Å². The minimum Gasteiger partial charge on any atom is -0.293 e. The van der Waals surface area contributed by atoms with Gasteiger partial charge in [-0.2, -0.15) is 0 Å². The Kier molecular flexibility index (Phi) is 3.36. The van der Waals surface area contributed by atoms with E-state index in [1.807, 2.05) is 37.4 Å². The first-order chi connectivity index (χ1) is 9.56. The summed E-state index contributed by atoms with van der Waals surface area (Å²) in [6.45, 7) is 4.40. The van der Waals surface area contributed by atoms with Gasteiger partial charge in [-0.3, -0.25) is 9.36 Å². The van der Waals surface area contributed by atoms with Crippen LogP contribution in [0, 0.1) is 13.8 Å². The molecular weight excluding hydrogens is 292 g/mol. The highest BCUT2D eigenvalue weighted by Gasteiger charge is 2.09. The molecule has 3 rings (SSSR count). The van der Waals surface area contributed by atoms with Crippen LogP contribution >= 0.6 is 22.9 Å². The quantitative estimate of drug-likeness (QED) is 0.722. The topological polar surface area (TPSA) is 34.9 Å². The third-order valence-corrected chi connectivity index (χ3v) is 4.70.